The van der Waals surface area contributed by atoms with Crippen LogP contribution in [-0.2, 0) is 17.6 Å². The number of amides is 1. The Balaban J connectivity index is 2.04. The van der Waals surface area contributed by atoms with Crippen molar-refractivity contribution >= 4 is 11.7 Å². The fraction of sp³-hybridized carbons (Fsp3) is 0.333. The van der Waals surface area contributed by atoms with Crippen LogP contribution in [0.15, 0.2) is 23.0 Å². The average molecular weight is 299 g/mol. The van der Waals surface area contributed by atoms with Crippen LogP contribution in [0.5, 0.6) is 0 Å². The van der Waals surface area contributed by atoms with Crippen LogP contribution in [0.25, 0.3) is 5.95 Å². The van der Waals surface area contributed by atoms with Crippen molar-refractivity contribution in [1.82, 2.24) is 19.7 Å². The second kappa shape index (κ2) is 5.59. The Morgan fingerprint density at radius 2 is 2.27 bits per heavy atom. The lowest BCUT2D eigenvalue weighted by Gasteiger charge is -2.08. The van der Waals surface area contributed by atoms with Gasteiger partial charge >= 0.3 is 0 Å². The number of nitrogens with zero attached hydrogens (tertiary/aromatic N) is 3. The molecule has 0 spiro atoms. The van der Waals surface area contributed by atoms with E-state index < -0.39 is 0 Å². The molecule has 2 aromatic rings. The summed E-state index contributed by atoms with van der Waals surface area (Å²) in [6, 6.07) is 1.73. The van der Waals surface area contributed by atoms with E-state index in [1.165, 1.54) is 10.8 Å². The number of hydrogen-bond acceptors (Lipinski definition) is 4. The second-order valence-electron chi connectivity index (χ2n) is 5.24. The molecule has 0 unspecified atom stereocenters. The van der Waals surface area contributed by atoms with Gasteiger partial charge in [-0.25, -0.2) is 4.98 Å². The van der Waals surface area contributed by atoms with E-state index in [1.54, 1.807) is 19.1 Å². The quantitative estimate of drug-likeness (QED) is 0.835. The van der Waals surface area contributed by atoms with Gasteiger partial charge in [0.15, 0.2) is 0 Å². The summed E-state index contributed by atoms with van der Waals surface area (Å²) in [4.78, 5) is 31.1. The summed E-state index contributed by atoms with van der Waals surface area (Å²) in [6.07, 6.45) is 5.58. The van der Waals surface area contributed by atoms with E-state index in [1.807, 2.05) is 6.92 Å². The maximum Gasteiger partial charge on any atom is 0.255 e. The number of aromatic nitrogens is 4. The minimum atomic E-state index is -0.257. The van der Waals surface area contributed by atoms with Crippen molar-refractivity contribution in [3.8, 4) is 5.95 Å². The summed E-state index contributed by atoms with van der Waals surface area (Å²) in [5.41, 5.74) is 2.17. The molecule has 22 heavy (non-hydrogen) atoms. The number of aromatic amines is 1. The number of rotatable bonds is 3. The molecule has 1 aliphatic carbocycles. The Bertz CT molecular complexity index is 816. The topological polar surface area (TPSA) is 92.7 Å². The molecule has 0 atom stereocenters. The first-order chi connectivity index (χ1) is 10.6. The first-order valence-electron chi connectivity index (χ1n) is 7.21. The molecule has 0 aliphatic heterocycles. The Morgan fingerprint density at radius 3 is 3.05 bits per heavy atom. The van der Waals surface area contributed by atoms with Gasteiger partial charge in [0.25, 0.3) is 5.56 Å². The van der Waals surface area contributed by atoms with E-state index in [2.05, 4.69) is 20.4 Å². The molecule has 0 bridgehead atoms. The molecule has 3 rings (SSSR count). The third-order valence-corrected chi connectivity index (χ3v) is 3.53. The largest absolute Gasteiger partial charge is 0.307 e. The van der Waals surface area contributed by atoms with Crippen molar-refractivity contribution in [2.24, 2.45) is 0 Å². The molecule has 1 aliphatic rings. The summed E-state index contributed by atoms with van der Waals surface area (Å²) < 4.78 is 1.46. The zero-order chi connectivity index (χ0) is 15.7. The van der Waals surface area contributed by atoms with Gasteiger partial charge in [-0.2, -0.15) is 9.78 Å². The van der Waals surface area contributed by atoms with E-state index in [-0.39, 0.29) is 11.5 Å². The lowest BCUT2D eigenvalue weighted by atomic mass is 10.3. The van der Waals surface area contributed by atoms with Crippen molar-refractivity contribution in [2.45, 2.75) is 33.1 Å². The normalized spacial score (nSPS) is 13.5. The van der Waals surface area contributed by atoms with E-state index in [0.29, 0.717) is 11.8 Å². The molecule has 0 saturated carbocycles. The van der Waals surface area contributed by atoms with E-state index in [9.17, 15) is 9.59 Å². The fourth-order valence-electron chi connectivity index (χ4n) is 2.60. The standard InChI is InChI=1S/C15H17N5O2/c1-3-5-13(21)17-12-8-9(2)19-20(12)15-16-11-7-4-6-10(11)14(22)18-15/h3,5,8H,4,6-7H2,1-2H3,(H,17,21)(H,16,18,22). The third kappa shape index (κ3) is 2.57. The van der Waals surface area contributed by atoms with Gasteiger partial charge in [0.2, 0.25) is 11.9 Å². The Hall–Kier alpha value is -2.70. The molecule has 0 saturated heterocycles. The van der Waals surface area contributed by atoms with E-state index >= 15 is 0 Å². The molecule has 7 heteroatoms. The first kappa shape index (κ1) is 14.2. The van der Waals surface area contributed by atoms with Crippen LogP contribution < -0.4 is 10.9 Å². The van der Waals surface area contributed by atoms with Crippen molar-refractivity contribution in [2.75, 3.05) is 5.32 Å². The Kier molecular flexibility index (Phi) is 3.62. The lowest BCUT2D eigenvalue weighted by molar-refractivity contribution is -0.111. The monoisotopic (exact) mass is 299 g/mol. The minimum absolute atomic E-state index is 0.128. The first-order valence-corrected chi connectivity index (χ1v) is 7.21. The SMILES string of the molecule is CC=CC(=O)Nc1cc(C)nn1-c1nc2c(c(=O)[nH]1)CCC2. The van der Waals surface area contributed by atoms with Gasteiger partial charge in [-0.1, -0.05) is 6.08 Å². The number of carbonyl (C=O) groups excluding carboxylic acids is 1. The number of fused-ring (bicyclic) bond motifs is 1. The summed E-state index contributed by atoms with van der Waals surface area (Å²) in [7, 11) is 0. The highest BCUT2D eigenvalue weighted by molar-refractivity contribution is 5.98. The minimum Gasteiger partial charge on any atom is -0.307 e. The highest BCUT2D eigenvalue weighted by atomic mass is 16.1. The molecule has 1 amide bonds. The van der Waals surface area contributed by atoms with Crippen LogP contribution in [0.2, 0.25) is 0 Å². The molecule has 0 fully saturated rings. The summed E-state index contributed by atoms with van der Waals surface area (Å²) >= 11 is 0. The van der Waals surface area contributed by atoms with Gasteiger partial charge < -0.3 is 5.32 Å². The van der Waals surface area contributed by atoms with Crippen LogP contribution in [-0.4, -0.2) is 25.7 Å². The highest BCUT2D eigenvalue weighted by Crippen LogP contribution is 2.19. The molecule has 7 nitrogen and oxygen atoms in total. The van der Waals surface area contributed by atoms with Gasteiger partial charge in [0.1, 0.15) is 5.82 Å². The van der Waals surface area contributed by atoms with Gasteiger partial charge in [0.05, 0.1) is 11.4 Å². The highest BCUT2D eigenvalue weighted by Gasteiger charge is 2.19. The zero-order valence-electron chi connectivity index (χ0n) is 12.5. The molecular weight excluding hydrogens is 282 g/mol. The molecule has 114 valence electrons. The van der Waals surface area contributed by atoms with Gasteiger partial charge in [0, 0.05) is 11.6 Å². The molecule has 0 aromatic carbocycles. The Labute approximate surface area is 127 Å². The number of aryl methyl sites for hydroxylation is 2. The lowest BCUT2D eigenvalue weighted by Crippen LogP contribution is -2.20. The van der Waals surface area contributed by atoms with Gasteiger partial charge in [-0.05, 0) is 39.2 Å². The second-order valence-corrected chi connectivity index (χ2v) is 5.24. The Morgan fingerprint density at radius 1 is 1.45 bits per heavy atom. The van der Waals surface area contributed by atoms with Crippen molar-refractivity contribution in [3.63, 3.8) is 0 Å². The molecular formula is C15H17N5O2. The fourth-order valence-corrected chi connectivity index (χ4v) is 2.60. The van der Waals surface area contributed by atoms with Crippen LogP contribution in [0.3, 0.4) is 0 Å². The van der Waals surface area contributed by atoms with E-state index in [0.717, 1.165) is 36.2 Å². The van der Waals surface area contributed by atoms with Crippen LogP contribution in [0.1, 0.15) is 30.3 Å². The average Bonchev–Trinajstić information content (AvgIpc) is 3.05. The van der Waals surface area contributed by atoms with E-state index in [4.69, 9.17) is 0 Å². The number of carbonyl (C=O) groups is 1. The number of hydrogen-bond donors (Lipinski definition) is 2. The van der Waals surface area contributed by atoms with Gasteiger partial charge in [-0.3, -0.25) is 14.6 Å². The predicted molar refractivity (Wildman–Crippen MR) is 82.2 cm³/mol. The molecule has 2 aromatic heterocycles. The summed E-state index contributed by atoms with van der Waals surface area (Å²) in [5, 5.41) is 7.04. The number of anilines is 1. The van der Waals surface area contributed by atoms with Crippen LogP contribution in [0, 0.1) is 6.92 Å². The summed E-state index contributed by atoms with van der Waals surface area (Å²) in [5.74, 6) is 0.545. The van der Waals surface area contributed by atoms with Crippen LogP contribution in [0.4, 0.5) is 5.82 Å². The van der Waals surface area contributed by atoms with Crippen molar-refractivity contribution in [3.05, 3.63) is 45.5 Å². The van der Waals surface area contributed by atoms with Crippen molar-refractivity contribution in [1.29, 1.82) is 0 Å². The van der Waals surface area contributed by atoms with Gasteiger partial charge in [-0.15, -0.1) is 0 Å². The smallest absolute Gasteiger partial charge is 0.255 e. The van der Waals surface area contributed by atoms with Crippen molar-refractivity contribution < 1.29 is 4.79 Å². The molecule has 2 heterocycles. The number of H-pyrrole nitrogens is 1. The number of nitrogens with one attached hydrogen (secondary N) is 2. The zero-order valence-corrected chi connectivity index (χ0v) is 12.5. The molecule has 2 N–H and O–H groups in total. The molecule has 0 radical (unpaired) electrons. The van der Waals surface area contributed by atoms with Crippen LogP contribution >= 0.6 is 0 Å². The number of allylic oxidation sites excluding steroid dienone is 1. The maximum absolute atomic E-state index is 12.1. The predicted octanol–water partition coefficient (Wildman–Crippen LogP) is 1.27. The summed E-state index contributed by atoms with van der Waals surface area (Å²) in [6.45, 7) is 3.58. The third-order valence-electron chi connectivity index (χ3n) is 3.53. The maximum atomic E-state index is 12.1.